The number of hydrogen-bond acceptors (Lipinski definition) is 6. The van der Waals surface area contributed by atoms with Gasteiger partial charge in [-0.3, -0.25) is 9.59 Å². The van der Waals surface area contributed by atoms with Crippen LogP contribution in [0, 0.1) is 11.3 Å². The lowest BCUT2D eigenvalue weighted by Crippen LogP contribution is -2.27. The van der Waals surface area contributed by atoms with Crippen molar-refractivity contribution in [3.8, 4) is 0 Å². The van der Waals surface area contributed by atoms with Crippen LogP contribution in [-0.4, -0.2) is 41.0 Å². The number of pyridine rings is 1. The molecule has 0 saturated heterocycles. The number of amides is 1. The minimum atomic E-state index is -0.580. The highest BCUT2D eigenvalue weighted by atomic mass is 16.5. The summed E-state index contributed by atoms with van der Waals surface area (Å²) in [5.41, 5.74) is 3.88. The van der Waals surface area contributed by atoms with Gasteiger partial charge in [0, 0.05) is 12.6 Å². The van der Waals surface area contributed by atoms with Crippen LogP contribution < -0.4 is 5.32 Å². The van der Waals surface area contributed by atoms with Crippen LogP contribution in [0.15, 0.2) is 6.07 Å². The van der Waals surface area contributed by atoms with Crippen molar-refractivity contribution in [2.24, 2.45) is 11.3 Å². The fraction of sp³-hybridized carbons (Fsp3) is 0.545. The number of aryl methyl sites for hydroxylation is 1. The number of fused-ring (bicyclic) bond motifs is 2. The lowest BCUT2D eigenvalue weighted by atomic mass is 9.71. The predicted molar refractivity (Wildman–Crippen MR) is 112 cm³/mol. The normalized spacial score (nSPS) is 16.1. The van der Waals surface area contributed by atoms with Crippen molar-refractivity contribution in [3.63, 3.8) is 0 Å². The molecule has 0 radical (unpaired) electrons. The summed E-state index contributed by atoms with van der Waals surface area (Å²) in [5, 5.41) is 2.66. The zero-order valence-corrected chi connectivity index (χ0v) is 18.2. The first-order valence-electron chi connectivity index (χ1n) is 10.2. The third kappa shape index (κ3) is 4.63. The molecule has 0 bridgehead atoms. The van der Waals surface area contributed by atoms with Gasteiger partial charge in [0.05, 0.1) is 12.1 Å². The van der Waals surface area contributed by atoms with Gasteiger partial charge in [-0.05, 0) is 49.1 Å². The van der Waals surface area contributed by atoms with Crippen LogP contribution in [0.25, 0.3) is 11.0 Å². The minimum absolute atomic E-state index is 0.130. The minimum Gasteiger partial charge on any atom is -0.461 e. The van der Waals surface area contributed by atoms with E-state index in [1.807, 2.05) is 6.07 Å². The topological polar surface area (TPSA) is 110 Å². The SMILES string of the molecule is CCOC(=O)c1[nH]c2cc3c(nc2c1NC(=O)COC(C)=O)CCC(C(C)(C)C)C3. The average molecular weight is 415 g/mol. The van der Waals surface area contributed by atoms with Crippen LogP contribution in [0.4, 0.5) is 5.69 Å². The van der Waals surface area contributed by atoms with E-state index in [0.29, 0.717) is 17.0 Å². The van der Waals surface area contributed by atoms with Crippen LogP contribution in [0.3, 0.4) is 0 Å². The number of H-pyrrole nitrogens is 1. The fourth-order valence-corrected chi connectivity index (χ4v) is 3.83. The van der Waals surface area contributed by atoms with E-state index in [1.165, 1.54) is 6.92 Å². The maximum atomic E-state index is 12.5. The van der Waals surface area contributed by atoms with Gasteiger partial charge in [0.15, 0.2) is 12.3 Å². The highest BCUT2D eigenvalue weighted by molar-refractivity contribution is 6.10. The number of esters is 2. The van der Waals surface area contributed by atoms with E-state index in [9.17, 15) is 14.4 Å². The number of aromatic nitrogens is 2. The first-order chi connectivity index (χ1) is 14.1. The van der Waals surface area contributed by atoms with E-state index in [-0.39, 0.29) is 23.4 Å². The van der Waals surface area contributed by atoms with Crippen LogP contribution in [0.2, 0.25) is 0 Å². The number of ether oxygens (including phenoxy) is 2. The number of rotatable bonds is 5. The van der Waals surface area contributed by atoms with Gasteiger partial charge in [0.25, 0.3) is 5.91 Å². The van der Waals surface area contributed by atoms with Crippen molar-refractivity contribution in [3.05, 3.63) is 23.0 Å². The fourth-order valence-electron chi connectivity index (χ4n) is 3.83. The Balaban J connectivity index is 2.00. The van der Waals surface area contributed by atoms with E-state index >= 15 is 0 Å². The van der Waals surface area contributed by atoms with Gasteiger partial charge in [-0.1, -0.05) is 20.8 Å². The van der Waals surface area contributed by atoms with E-state index in [2.05, 4.69) is 31.1 Å². The van der Waals surface area contributed by atoms with Gasteiger partial charge < -0.3 is 19.8 Å². The summed E-state index contributed by atoms with van der Waals surface area (Å²) in [6.07, 6.45) is 2.80. The molecule has 1 atom stereocenters. The Kier molecular flexibility index (Phi) is 6.14. The predicted octanol–water partition coefficient (Wildman–Crippen LogP) is 3.39. The number of aromatic amines is 1. The van der Waals surface area contributed by atoms with Gasteiger partial charge in [-0.25, -0.2) is 9.78 Å². The molecule has 3 rings (SSSR count). The summed E-state index contributed by atoms with van der Waals surface area (Å²) in [5.74, 6) is -1.14. The van der Waals surface area contributed by atoms with Crippen LogP contribution in [-0.2, 0) is 31.9 Å². The lowest BCUT2D eigenvalue weighted by Gasteiger charge is -2.34. The molecule has 2 heterocycles. The number of carbonyl (C=O) groups excluding carboxylic acids is 3. The highest BCUT2D eigenvalue weighted by Gasteiger charge is 2.31. The zero-order chi connectivity index (χ0) is 22.1. The van der Waals surface area contributed by atoms with E-state index < -0.39 is 24.5 Å². The second-order valence-corrected chi connectivity index (χ2v) is 8.72. The molecule has 1 unspecified atom stereocenters. The van der Waals surface area contributed by atoms with Gasteiger partial charge >= 0.3 is 11.9 Å². The van der Waals surface area contributed by atoms with E-state index in [4.69, 9.17) is 14.5 Å². The Hall–Kier alpha value is -2.90. The molecule has 0 spiro atoms. The number of nitrogens with one attached hydrogen (secondary N) is 2. The summed E-state index contributed by atoms with van der Waals surface area (Å²) < 4.78 is 9.88. The molecule has 30 heavy (non-hydrogen) atoms. The van der Waals surface area contributed by atoms with Crippen LogP contribution in [0.5, 0.6) is 0 Å². The molecule has 0 fully saturated rings. The van der Waals surface area contributed by atoms with Crippen molar-refractivity contribution in [1.82, 2.24) is 9.97 Å². The lowest BCUT2D eigenvalue weighted by molar-refractivity contribution is -0.144. The summed E-state index contributed by atoms with van der Waals surface area (Å²) >= 11 is 0. The molecule has 2 aromatic heterocycles. The van der Waals surface area contributed by atoms with Crippen LogP contribution >= 0.6 is 0 Å². The Labute approximate surface area is 175 Å². The molecule has 1 aliphatic rings. The Morgan fingerprint density at radius 1 is 1.27 bits per heavy atom. The van der Waals surface area contributed by atoms with Gasteiger partial charge in [-0.15, -0.1) is 0 Å². The van der Waals surface area contributed by atoms with Crippen molar-refractivity contribution in [2.75, 3.05) is 18.5 Å². The first-order valence-corrected chi connectivity index (χ1v) is 10.2. The van der Waals surface area contributed by atoms with Crippen LogP contribution in [0.1, 0.15) is 62.8 Å². The summed E-state index contributed by atoms with van der Waals surface area (Å²) in [6.45, 7) is 9.44. The standard InChI is InChI=1S/C22H29N3O5/c1-6-29-21(28)20-19(25-17(27)11-30-12(2)26)18-16(24-20)10-13-9-14(22(3,4)5)7-8-15(13)23-18/h10,14,24H,6-9,11H2,1-5H3,(H,25,27). The quantitative estimate of drug-likeness (QED) is 0.724. The molecule has 1 aliphatic carbocycles. The van der Waals surface area contributed by atoms with Crippen molar-refractivity contribution in [1.29, 1.82) is 0 Å². The van der Waals surface area contributed by atoms with Gasteiger partial charge in [0.2, 0.25) is 0 Å². The maximum Gasteiger partial charge on any atom is 0.357 e. The first kappa shape index (κ1) is 21.8. The van der Waals surface area contributed by atoms with E-state index in [0.717, 1.165) is 30.5 Å². The molecule has 1 amide bonds. The van der Waals surface area contributed by atoms with Gasteiger partial charge in [-0.2, -0.15) is 0 Å². The monoisotopic (exact) mass is 415 g/mol. The van der Waals surface area contributed by atoms with Crippen molar-refractivity contribution < 1.29 is 23.9 Å². The Morgan fingerprint density at radius 3 is 2.63 bits per heavy atom. The molecule has 8 heteroatoms. The largest absolute Gasteiger partial charge is 0.461 e. The summed E-state index contributed by atoms with van der Waals surface area (Å²) in [4.78, 5) is 43.6. The number of nitrogens with zero attached hydrogens (tertiary/aromatic N) is 1. The van der Waals surface area contributed by atoms with E-state index in [1.54, 1.807) is 6.92 Å². The molecule has 2 aromatic rings. The molecule has 162 valence electrons. The molecule has 8 nitrogen and oxygen atoms in total. The molecule has 0 aliphatic heterocycles. The average Bonchev–Trinajstić information content (AvgIpc) is 3.01. The van der Waals surface area contributed by atoms with Crippen molar-refractivity contribution >= 4 is 34.6 Å². The number of carbonyl (C=O) groups is 3. The molecular weight excluding hydrogens is 386 g/mol. The zero-order valence-electron chi connectivity index (χ0n) is 18.2. The highest BCUT2D eigenvalue weighted by Crippen LogP contribution is 2.38. The number of hydrogen-bond donors (Lipinski definition) is 2. The molecule has 0 saturated carbocycles. The molecule has 2 N–H and O–H groups in total. The Morgan fingerprint density at radius 2 is 2.00 bits per heavy atom. The maximum absolute atomic E-state index is 12.5. The molecular formula is C22H29N3O5. The van der Waals surface area contributed by atoms with Gasteiger partial charge in [0.1, 0.15) is 11.2 Å². The Bertz CT molecular complexity index is 987. The summed E-state index contributed by atoms with van der Waals surface area (Å²) in [6, 6.07) is 2.01. The van der Waals surface area contributed by atoms with Crippen molar-refractivity contribution in [2.45, 2.75) is 53.9 Å². The second-order valence-electron chi connectivity index (χ2n) is 8.72. The molecule has 0 aromatic carbocycles. The second kappa shape index (κ2) is 8.45. The summed E-state index contributed by atoms with van der Waals surface area (Å²) in [7, 11) is 0. The smallest absolute Gasteiger partial charge is 0.357 e. The third-order valence-electron chi connectivity index (χ3n) is 5.51. The number of anilines is 1. The third-order valence-corrected chi connectivity index (χ3v) is 5.51.